The predicted octanol–water partition coefficient (Wildman–Crippen LogP) is 2.84. The van der Waals surface area contributed by atoms with Gasteiger partial charge in [0.05, 0.1) is 26.2 Å². The minimum absolute atomic E-state index is 0.0589. The summed E-state index contributed by atoms with van der Waals surface area (Å²) < 4.78 is 16.4. The number of carbonyl (C=O) groups excluding carboxylic acids is 1. The van der Waals surface area contributed by atoms with Gasteiger partial charge in [0, 0.05) is 5.56 Å². The highest BCUT2D eigenvalue weighted by atomic mass is 32.2. The Hall–Kier alpha value is -3.00. The van der Waals surface area contributed by atoms with Gasteiger partial charge in [-0.3, -0.25) is 4.79 Å². The Morgan fingerprint density at radius 3 is 2.56 bits per heavy atom. The van der Waals surface area contributed by atoms with Crippen molar-refractivity contribution in [1.29, 1.82) is 0 Å². The Labute approximate surface area is 161 Å². The molecular weight excluding hydrogens is 366 g/mol. The lowest BCUT2D eigenvalue weighted by Gasteiger charge is -2.11. The molecular formula is C19H19N3O4S. The summed E-state index contributed by atoms with van der Waals surface area (Å²) in [6, 6.07) is 13.0. The van der Waals surface area contributed by atoms with Crippen molar-refractivity contribution in [2.45, 2.75) is 6.61 Å². The van der Waals surface area contributed by atoms with Crippen molar-refractivity contribution in [2.24, 2.45) is 10.2 Å². The summed E-state index contributed by atoms with van der Waals surface area (Å²) in [5.74, 6) is 2.56. The summed E-state index contributed by atoms with van der Waals surface area (Å²) >= 11 is 1.33. The van der Waals surface area contributed by atoms with Crippen LogP contribution in [0.5, 0.6) is 17.2 Å². The van der Waals surface area contributed by atoms with Gasteiger partial charge in [0.15, 0.2) is 5.17 Å². The standard InChI is InChI=1S/C19H19N3O4S/c1-24-15-4-6-16(7-5-15)26-11-14-9-13(3-8-17(14)25-2)10-20-22-19-21-18(23)12-27-19/h3-10H,11-12H2,1-2H3,(H,21,22,23). The smallest absolute Gasteiger partial charge is 0.236 e. The first-order chi connectivity index (χ1) is 13.2. The summed E-state index contributed by atoms with van der Waals surface area (Å²) in [7, 11) is 3.24. The molecule has 1 heterocycles. The molecule has 3 rings (SSSR count). The van der Waals surface area contributed by atoms with Gasteiger partial charge in [0.2, 0.25) is 5.91 Å². The molecule has 1 saturated heterocycles. The summed E-state index contributed by atoms with van der Waals surface area (Å²) in [6.45, 7) is 0.345. The molecule has 1 N–H and O–H groups in total. The average molecular weight is 385 g/mol. The van der Waals surface area contributed by atoms with Crippen LogP contribution in [0.25, 0.3) is 0 Å². The van der Waals surface area contributed by atoms with Gasteiger partial charge in [-0.1, -0.05) is 11.8 Å². The van der Waals surface area contributed by atoms with Crippen molar-refractivity contribution in [1.82, 2.24) is 5.32 Å². The number of amides is 1. The molecule has 0 atom stereocenters. The number of hydrogen-bond acceptors (Lipinski definition) is 7. The number of methoxy groups -OCH3 is 2. The Balaban J connectivity index is 1.68. The molecule has 0 aliphatic carbocycles. The molecule has 2 aromatic rings. The first kappa shape index (κ1) is 18.8. The van der Waals surface area contributed by atoms with Crippen molar-refractivity contribution < 1.29 is 19.0 Å². The number of ether oxygens (including phenoxy) is 3. The van der Waals surface area contributed by atoms with Gasteiger partial charge in [-0.25, -0.2) is 0 Å². The molecule has 1 fully saturated rings. The molecule has 2 aromatic carbocycles. The molecule has 140 valence electrons. The van der Waals surface area contributed by atoms with Crippen LogP contribution in [0.15, 0.2) is 52.7 Å². The van der Waals surface area contributed by atoms with Crippen molar-refractivity contribution in [3.63, 3.8) is 0 Å². The molecule has 1 aliphatic heterocycles. The number of hydrogen-bond donors (Lipinski definition) is 1. The lowest BCUT2D eigenvalue weighted by molar-refractivity contribution is -0.116. The van der Waals surface area contributed by atoms with E-state index in [1.165, 1.54) is 11.8 Å². The van der Waals surface area contributed by atoms with Crippen LogP contribution in [-0.4, -0.2) is 37.3 Å². The average Bonchev–Trinajstić information content (AvgIpc) is 3.12. The van der Waals surface area contributed by atoms with E-state index in [-0.39, 0.29) is 5.91 Å². The van der Waals surface area contributed by atoms with Gasteiger partial charge in [-0.05, 0) is 48.0 Å². The first-order valence-electron chi connectivity index (χ1n) is 8.15. The zero-order valence-corrected chi connectivity index (χ0v) is 15.8. The van der Waals surface area contributed by atoms with E-state index in [1.54, 1.807) is 20.4 Å². The van der Waals surface area contributed by atoms with Crippen molar-refractivity contribution in [3.8, 4) is 17.2 Å². The molecule has 1 amide bonds. The fraction of sp³-hybridized carbons (Fsp3) is 0.211. The number of nitrogens with one attached hydrogen (secondary N) is 1. The van der Waals surface area contributed by atoms with Crippen LogP contribution >= 0.6 is 11.8 Å². The second-order valence-electron chi connectivity index (χ2n) is 5.52. The van der Waals surface area contributed by atoms with Gasteiger partial charge >= 0.3 is 0 Å². The highest BCUT2D eigenvalue weighted by Crippen LogP contribution is 2.23. The third kappa shape index (κ3) is 5.24. The minimum Gasteiger partial charge on any atom is -0.497 e. The quantitative estimate of drug-likeness (QED) is 0.585. The van der Waals surface area contributed by atoms with E-state index < -0.39 is 0 Å². The van der Waals surface area contributed by atoms with Crippen molar-refractivity contribution >= 4 is 29.1 Å². The molecule has 7 nitrogen and oxygen atoms in total. The highest BCUT2D eigenvalue weighted by Gasteiger charge is 2.15. The zero-order chi connectivity index (χ0) is 19.1. The van der Waals surface area contributed by atoms with E-state index in [9.17, 15) is 4.79 Å². The molecule has 0 aromatic heterocycles. The molecule has 1 aliphatic rings. The van der Waals surface area contributed by atoms with Crippen LogP contribution < -0.4 is 19.5 Å². The van der Waals surface area contributed by atoms with E-state index >= 15 is 0 Å². The second-order valence-corrected chi connectivity index (χ2v) is 6.49. The zero-order valence-electron chi connectivity index (χ0n) is 15.0. The summed E-state index contributed by atoms with van der Waals surface area (Å²) in [5, 5.41) is 11.2. The maximum absolute atomic E-state index is 11.1. The molecule has 0 unspecified atom stereocenters. The number of benzene rings is 2. The number of amidine groups is 1. The minimum atomic E-state index is -0.0589. The van der Waals surface area contributed by atoms with Crippen LogP contribution in [0.4, 0.5) is 0 Å². The van der Waals surface area contributed by atoms with E-state index in [2.05, 4.69) is 15.5 Å². The highest BCUT2D eigenvalue weighted by molar-refractivity contribution is 8.15. The van der Waals surface area contributed by atoms with Gasteiger partial charge in [0.25, 0.3) is 0 Å². The normalized spacial score (nSPS) is 15.2. The summed E-state index contributed by atoms with van der Waals surface area (Å²) in [5.41, 5.74) is 1.73. The largest absolute Gasteiger partial charge is 0.497 e. The maximum Gasteiger partial charge on any atom is 0.236 e. The monoisotopic (exact) mass is 385 g/mol. The van der Waals surface area contributed by atoms with Gasteiger partial charge in [0.1, 0.15) is 23.9 Å². The lowest BCUT2D eigenvalue weighted by atomic mass is 10.1. The van der Waals surface area contributed by atoms with Crippen molar-refractivity contribution in [2.75, 3.05) is 20.0 Å². The predicted molar refractivity (Wildman–Crippen MR) is 106 cm³/mol. The van der Waals surface area contributed by atoms with Crippen LogP contribution in [0.2, 0.25) is 0 Å². The molecule has 0 bridgehead atoms. The van der Waals surface area contributed by atoms with Gasteiger partial charge in [-0.15, -0.1) is 5.10 Å². The Morgan fingerprint density at radius 2 is 1.89 bits per heavy atom. The fourth-order valence-electron chi connectivity index (χ4n) is 2.35. The number of nitrogens with zero attached hydrogens (tertiary/aromatic N) is 2. The van der Waals surface area contributed by atoms with Crippen LogP contribution in [-0.2, 0) is 11.4 Å². The van der Waals surface area contributed by atoms with Gasteiger partial charge < -0.3 is 19.5 Å². The topological polar surface area (TPSA) is 81.5 Å². The van der Waals surface area contributed by atoms with E-state index in [0.29, 0.717) is 17.5 Å². The van der Waals surface area contributed by atoms with Crippen LogP contribution in [0.1, 0.15) is 11.1 Å². The number of rotatable bonds is 7. The van der Waals surface area contributed by atoms with Crippen LogP contribution in [0.3, 0.4) is 0 Å². The molecule has 0 spiro atoms. The molecule has 0 saturated carbocycles. The summed E-state index contributed by atoms with van der Waals surface area (Å²) in [6.07, 6.45) is 1.62. The van der Waals surface area contributed by atoms with E-state index in [1.807, 2.05) is 42.5 Å². The number of carbonyl (C=O) groups is 1. The maximum atomic E-state index is 11.1. The Bertz CT molecular complexity index is 866. The SMILES string of the molecule is COc1ccc(OCc2cc(C=NN=C3NC(=O)CS3)ccc2OC)cc1. The Morgan fingerprint density at radius 1 is 1.11 bits per heavy atom. The van der Waals surface area contributed by atoms with Crippen molar-refractivity contribution in [3.05, 3.63) is 53.6 Å². The Kier molecular flexibility index (Phi) is 6.32. The summed E-state index contributed by atoms with van der Waals surface area (Å²) in [4.78, 5) is 11.1. The second kappa shape index (κ2) is 9.09. The van der Waals surface area contributed by atoms with Crippen LogP contribution in [0, 0.1) is 0 Å². The lowest BCUT2D eigenvalue weighted by Crippen LogP contribution is -2.19. The first-order valence-corrected chi connectivity index (χ1v) is 9.14. The number of thioether (sulfide) groups is 1. The van der Waals surface area contributed by atoms with Gasteiger partial charge in [-0.2, -0.15) is 5.10 Å². The van der Waals surface area contributed by atoms with E-state index in [0.717, 1.165) is 28.4 Å². The third-order valence-corrected chi connectivity index (χ3v) is 4.56. The molecule has 8 heteroatoms. The fourth-order valence-corrected chi connectivity index (χ4v) is 2.98. The van der Waals surface area contributed by atoms with E-state index in [4.69, 9.17) is 14.2 Å². The molecule has 0 radical (unpaired) electrons. The molecule has 27 heavy (non-hydrogen) atoms. The third-order valence-electron chi connectivity index (χ3n) is 3.70.